The Morgan fingerprint density at radius 1 is 0.917 bits per heavy atom. The van der Waals surface area contributed by atoms with Gasteiger partial charge in [0, 0.05) is 27.7 Å². The third-order valence-electron chi connectivity index (χ3n) is 2.99. The second kappa shape index (κ2) is 8.06. The maximum Gasteiger partial charge on any atom is 0.303 e. The van der Waals surface area contributed by atoms with Crippen LogP contribution in [0.5, 0.6) is 0 Å². The molecule has 0 amide bonds. The number of aliphatic hydroxyl groups is 1. The van der Waals surface area contributed by atoms with Gasteiger partial charge >= 0.3 is 23.9 Å². The number of esters is 4. The molecule has 136 valence electrons. The van der Waals surface area contributed by atoms with Crippen molar-refractivity contribution in [2.45, 2.75) is 51.8 Å². The van der Waals surface area contributed by atoms with Gasteiger partial charge in [0.05, 0.1) is 0 Å². The molecular weight excluding hydrogens is 328 g/mol. The predicted molar refractivity (Wildman–Crippen MR) is 74.2 cm³/mol. The summed E-state index contributed by atoms with van der Waals surface area (Å²) in [6.07, 6.45) is -3.85. The predicted octanol–water partition coefficient (Wildman–Crippen LogP) is -0.937. The Kier molecular flexibility index (Phi) is 6.67. The zero-order valence-electron chi connectivity index (χ0n) is 13.8. The van der Waals surface area contributed by atoms with Crippen molar-refractivity contribution in [1.29, 1.82) is 0 Å². The van der Waals surface area contributed by atoms with Gasteiger partial charge in [0.25, 0.3) is 0 Å². The second-order valence-electron chi connectivity index (χ2n) is 5.19. The minimum atomic E-state index is -2.26. The van der Waals surface area contributed by atoms with Gasteiger partial charge in [0.1, 0.15) is 19.3 Å². The van der Waals surface area contributed by atoms with Gasteiger partial charge in [0.15, 0.2) is 12.2 Å². The van der Waals surface area contributed by atoms with Crippen molar-refractivity contribution < 1.29 is 48.0 Å². The normalized spacial score (nSPS) is 28.8. The summed E-state index contributed by atoms with van der Waals surface area (Å²) in [5, 5.41) is 10.6. The van der Waals surface area contributed by atoms with Crippen LogP contribution in [-0.4, -0.2) is 66.3 Å². The summed E-state index contributed by atoms with van der Waals surface area (Å²) in [6, 6.07) is 0. The zero-order chi connectivity index (χ0) is 18.5. The van der Waals surface area contributed by atoms with Crippen LogP contribution in [0.4, 0.5) is 0 Å². The van der Waals surface area contributed by atoms with Crippen LogP contribution in [0.1, 0.15) is 27.7 Å². The van der Waals surface area contributed by atoms with E-state index in [4.69, 9.17) is 23.7 Å². The number of hydrogen-bond donors (Lipinski definition) is 1. The molecular formula is C14H20O10. The molecule has 0 saturated carbocycles. The molecule has 0 aromatic carbocycles. The fraction of sp³-hybridized carbons (Fsp3) is 0.714. The summed E-state index contributed by atoms with van der Waals surface area (Å²) < 4.78 is 24.9. The molecule has 1 aliphatic rings. The Bertz CT molecular complexity index is 516. The van der Waals surface area contributed by atoms with E-state index in [9.17, 15) is 24.3 Å². The number of carbonyl (C=O) groups is 4. The summed E-state index contributed by atoms with van der Waals surface area (Å²) in [5.74, 6) is -5.11. The lowest BCUT2D eigenvalue weighted by Gasteiger charge is -2.28. The molecule has 1 fully saturated rings. The lowest BCUT2D eigenvalue weighted by molar-refractivity contribution is -0.257. The summed E-state index contributed by atoms with van der Waals surface area (Å²) in [7, 11) is 0. The first-order valence-electron chi connectivity index (χ1n) is 7.06. The van der Waals surface area contributed by atoms with Gasteiger partial charge in [-0.1, -0.05) is 0 Å². The molecule has 1 rings (SSSR count). The number of rotatable bonds is 6. The highest BCUT2D eigenvalue weighted by atomic mass is 16.7. The quantitative estimate of drug-likeness (QED) is 0.473. The van der Waals surface area contributed by atoms with Crippen LogP contribution in [0.15, 0.2) is 0 Å². The smallest absolute Gasteiger partial charge is 0.303 e. The molecule has 1 heterocycles. The Morgan fingerprint density at radius 3 is 1.92 bits per heavy atom. The van der Waals surface area contributed by atoms with Crippen LogP contribution in [0.3, 0.4) is 0 Å². The van der Waals surface area contributed by atoms with E-state index in [0.29, 0.717) is 0 Å². The monoisotopic (exact) mass is 348 g/mol. The van der Waals surface area contributed by atoms with Crippen molar-refractivity contribution in [2.75, 3.05) is 13.2 Å². The van der Waals surface area contributed by atoms with Gasteiger partial charge in [-0.15, -0.1) is 0 Å². The van der Waals surface area contributed by atoms with E-state index in [-0.39, 0.29) is 6.61 Å². The van der Waals surface area contributed by atoms with Crippen LogP contribution in [0, 0.1) is 0 Å². The molecule has 0 radical (unpaired) electrons. The molecule has 1 saturated heterocycles. The van der Waals surface area contributed by atoms with E-state index in [1.165, 1.54) is 0 Å². The van der Waals surface area contributed by atoms with Crippen LogP contribution in [-0.2, 0) is 42.9 Å². The Hall–Kier alpha value is -2.20. The molecule has 4 atom stereocenters. The van der Waals surface area contributed by atoms with E-state index < -0.39 is 54.6 Å². The third kappa shape index (κ3) is 5.46. The molecule has 0 bridgehead atoms. The van der Waals surface area contributed by atoms with Gasteiger partial charge in [-0.3, -0.25) is 19.2 Å². The van der Waals surface area contributed by atoms with Crippen LogP contribution in [0.25, 0.3) is 0 Å². The third-order valence-corrected chi connectivity index (χ3v) is 2.99. The fourth-order valence-corrected chi connectivity index (χ4v) is 2.16. The highest BCUT2D eigenvalue weighted by Crippen LogP contribution is 2.34. The Labute approximate surface area is 137 Å². The average Bonchev–Trinajstić information content (AvgIpc) is 2.68. The maximum atomic E-state index is 11.3. The van der Waals surface area contributed by atoms with E-state index >= 15 is 0 Å². The lowest BCUT2D eigenvalue weighted by atomic mass is 10.1. The van der Waals surface area contributed by atoms with Gasteiger partial charge < -0.3 is 28.8 Å². The number of carbonyl (C=O) groups excluding carboxylic acids is 4. The van der Waals surface area contributed by atoms with Gasteiger partial charge in [0.2, 0.25) is 5.79 Å². The maximum absolute atomic E-state index is 11.3. The Morgan fingerprint density at radius 2 is 1.46 bits per heavy atom. The van der Waals surface area contributed by atoms with Crippen molar-refractivity contribution in [1.82, 2.24) is 0 Å². The van der Waals surface area contributed by atoms with Crippen molar-refractivity contribution in [3.05, 3.63) is 0 Å². The molecule has 0 aromatic rings. The summed E-state index contributed by atoms with van der Waals surface area (Å²) in [4.78, 5) is 44.5. The standard InChI is InChI=1S/C14H20O10/c1-7(15)20-5-11-12(22-9(3)17)13(23-10(4)18)14(19,24-11)6-21-8(2)16/h11-13,19H,5-6H2,1-4H3/t11-,12+,13-,14?/m1/s1. The van der Waals surface area contributed by atoms with Gasteiger partial charge in [-0.25, -0.2) is 0 Å². The highest BCUT2D eigenvalue weighted by Gasteiger charge is 2.59. The van der Waals surface area contributed by atoms with E-state index in [1.807, 2.05) is 0 Å². The van der Waals surface area contributed by atoms with Crippen molar-refractivity contribution in [3.63, 3.8) is 0 Å². The molecule has 1 aliphatic heterocycles. The molecule has 10 heteroatoms. The molecule has 1 unspecified atom stereocenters. The summed E-state index contributed by atoms with van der Waals surface area (Å²) in [5.41, 5.74) is 0. The zero-order valence-corrected chi connectivity index (χ0v) is 13.8. The van der Waals surface area contributed by atoms with Crippen LogP contribution in [0.2, 0.25) is 0 Å². The molecule has 0 aromatic heterocycles. The largest absolute Gasteiger partial charge is 0.463 e. The van der Waals surface area contributed by atoms with E-state index in [0.717, 1.165) is 27.7 Å². The fourth-order valence-electron chi connectivity index (χ4n) is 2.16. The minimum absolute atomic E-state index is 0.368. The highest BCUT2D eigenvalue weighted by molar-refractivity contribution is 5.68. The lowest BCUT2D eigenvalue weighted by Crippen LogP contribution is -2.50. The summed E-state index contributed by atoms with van der Waals surface area (Å²) >= 11 is 0. The molecule has 10 nitrogen and oxygen atoms in total. The average molecular weight is 348 g/mol. The van der Waals surface area contributed by atoms with Gasteiger partial charge in [-0.2, -0.15) is 0 Å². The number of hydrogen-bond acceptors (Lipinski definition) is 10. The van der Waals surface area contributed by atoms with Crippen molar-refractivity contribution in [3.8, 4) is 0 Å². The first kappa shape index (κ1) is 19.8. The number of ether oxygens (including phenoxy) is 5. The van der Waals surface area contributed by atoms with Crippen molar-refractivity contribution >= 4 is 23.9 Å². The first-order valence-corrected chi connectivity index (χ1v) is 7.06. The van der Waals surface area contributed by atoms with E-state index in [2.05, 4.69) is 0 Å². The second-order valence-corrected chi connectivity index (χ2v) is 5.19. The van der Waals surface area contributed by atoms with Crippen LogP contribution >= 0.6 is 0 Å². The van der Waals surface area contributed by atoms with Crippen LogP contribution < -0.4 is 0 Å². The van der Waals surface area contributed by atoms with Gasteiger partial charge in [-0.05, 0) is 0 Å². The SMILES string of the molecule is CC(=O)OC[C@H]1OC(O)(COC(C)=O)[C@H](OC(C)=O)[C@H]1OC(C)=O. The van der Waals surface area contributed by atoms with E-state index in [1.54, 1.807) is 0 Å². The Balaban J connectivity index is 3.07. The molecule has 0 aliphatic carbocycles. The molecule has 1 N–H and O–H groups in total. The molecule has 24 heavy (non-hydrogen) atoms. The van der Waals surface area contributed by atoms with Crippen molar-refractivity contribution in [2.24, 2.45) is 0 Å². The topological polar surface area (TPSA) is 135 Å². The molecule has 0 spiro atoms. The minimum Gasteiger partial charge on any atom is -0.463 e. The summed E-state index contributed by atoms with van der Waals surface area (Å²) in [6.45, 7) is 3.42. The first-order chi connectivity index (χ1) is 11.0.